The summed E-state index contributed by atoms with van der Waals surface area (Å²) in [5.41, 5.74) is 9.93. The molecule has 1 aliphatic rings. The van der Waals surface area contributed by atoms with Gasteiger partial charge in [-0.1, -0.05) is 42.5 Å². The minimum atomic E-state index is -0.140. The normalized spacial score (nSPS) is 19.4. The van der Waals surface area contributed by atoms with Gasteiger partial charge in [0.05, 0.1) is 0 Å². The van der Waals surface area contributed by atoms with Crippen LogP contribution >= 0.6 is 0 Å². The molecule has 0 heterocycles. The van der Waals surface area contributed by atoms with Crippen LogP contribution < -0.4 is 5.73 Å². The van der Waals surface area contributed by atoms with Crippen molar-refractivity contribution in [3.8, 4) is 0 Å². The number of hydrogen-bond acceptors (Lipinski definition) is 1. The molecule has 0 aliphatic heterocycles. The molecule has 0 saturated carbocycles. The standard InChI is InChI=1S/C18H20FN/c19-17-8-4-3-7-15(17)12-18(20)16-10-9-13-5-1-2-6-14(13)11-16/h1-8,16,18H,9-12,20H2. The summed E-state index contributed by atoms with van der Waals surface area (Å²) in [6, 6.07) is 15.6. The van der Waals surface area contributed by atoms with Crippen LogP contribution in [-0.4, -0.2) is 6.04 Å². The maximum Gasteiger partial charge on any atom is 0.126 e. The summed E-state index contributed by atoms with van der Waals surface area (Å²) in [7, 11) is 0. The average molecular weight is 269 g/mol. The fourth-order valence-corrected chi connectivity index (χ4v) is 3.18. The quantitative estimate of drug-likeness (QED) is 0.906. The molecule has 1 nitrogen and oxygen atoms in total. The first kappa shape index (κ1) is 13.3. The molecule has 1 aliphatic carbocycles. The summed E-state index contributed by atoms with van der Waals surface area (Å²) in [5, 5.41) is 0. The Morgan fingerprint density at radius 2 is 1.75 bits per heavy atom. The molecule has 20 heavy (non-hydrogen) atoms. The molecule has 2 aromatic rings. The van der Waals surface area contributed by atoms with Crippen LogP contribution in [0.25, 0.3) is 0 Å². The van der Waals surface area contributed by atoms with Gasteiger partial charge < -0.3 is 5.73 Å². The largest absolute Gasteiger partial charge is 0.327 e. The maximum atomic E-state index is 13.7. The third-order valence-electron chi connectivity index (χ3n) is 4.40. The Balaban J connectivity index is 1.70. The monoisotopic (exact) mass is 269 g/mol. The van der Waals surface area contributed by atoms with E-state index in [-0.39, 0.29) is 11.9 Å². The van der Waals surface area contributed by atoms with Gasteiger partial charge in [0.25, 0.3) is 0 Å². The lowest BCUT2D eigenvalue weighted by atomic mass is 9.79. The summed E-state index contributed by atoms with van der Waals surface area (Å²) >= 11 is 0. The summed E-state index contributed by atoms with van der Waals surface area (Å²) in [4.78, 5) is 0. The third-order valence-corrected chi connectivity index (χ3v) is 4.40. The zero-order valence-electron chi connectivity index (χ0n) is 11.6. The van der Waals surface area contributed by atoms with Gasteiger partial charge in [-0.25, -0.2) is 4.39 Å². The Morgan fingerprint density at radius 1 is 1.05 bits per heavy atom. The topological polar surface area (TPSA) is 26.0 Å². The first-order valence-electron chi connectivity index (χ1n) is 7.30. The van der Waals surface area contributed by atoms with E-state index < -0.39 is 0 Å². The van der Waals surface area contributed by atoms with Gasteiger partial charge in [-0.05, 0) is 54.4 Å². The van der Waals surface area contributed by atoms with Crippen LogP contribution in [0.1, 0.15) is 23.1 Å². The van der Waals surface area contributed by atoms with Crippen molar-refractivity contribution >= 4 is 0 Å². The molecule has 0 radical (unpaired) electrons. The van der Waals surface area contributed by atoms with E-state index in [0.29, 0.717) is 12.3 Å². The van der Waals surface area contributed by atoms with E-state index in [1.54, 1.807) is 6.07 Å². The highest BCUT2D eigenvalue weighted by Gasteiger charge is 2.24. The predicted molar refractivity (Wildman–Crippen MR) is 80.0 cm³/mol. The third kappa shape index (κ3) is 2.75. The Labute approximate surface area is 119 Å². The van der Waals surface area contributed by atoms with Gasteiger partial charge in [-0.3, -0.25) is 0 Å². The van der Waals surface area contributed by atoms with Gasteiger partial charge in [0.15, 0.2) is 0 Å². The van der Waals surface area contributed by atoms with E-state index in [2.05, 4.69) is 24.3 Å². The van der Waals surface area contributed by atoms with Crippen LogP contribution in [0.4, 0.5) is 4.39 Å². The highest BCUT2D eigenvalue weighted by atomic mass is 19.1. The van der Waals surface area contributed by atoms with Crippen LogP contribution in [-0.2, 0) is 19.3 Å². The number of nitrogens with two attached hydrogens (primary N) is 1. The van der Waals surface area contributed by atoms with Gasteiger partial charge >= 0.3 is 0 Å². The van der Waals surface area contributed by atoms with Crippen molar-refractivity contribution in [2.24, 2.45) is 11.7 Å². The zero-order chi connectivity index (χ0) is 13.9. The molecule has 3 rings (SSSR count). The van der Waals surface area contributed by atoms with Crippen LogP contribution in [0.2, 0.25) is 0 Å². The van der Waals surface area contributed by atoms with Gasteiger partial charge in [-0.2, -0.15) is 0 Å². The molecule has 2 aromatic carbocycles. The Hall–Kier alpha value is -1.67. The van der Waals surface area contributed by atoms with Crippen LogP contribution in [0.15, 0.2) is 48.5 Å². The first-order valence-corrected chi connectivity index (χ1v) is 7.30. The average Bonchev–Trinajstić information content (AvgIpc) is 2.49. The van der Waals surface area contributed by atoms with Crippen LogP contribution in [0.5, 0.6) is 0 Å². The highest BCUT2D eigenvalue weighted by Crippen LogP contribution is 2.28. The Kier molecular flexibility index (Phi) is 3.83. The molecular formula is C18H20FN. The lowest BCUT2D eigenvalue weighted by Crippen LogP contribution is -2.36. The Morgan fingerprint density at radius 3 is 2.55 bits per heavy atom. The molecular weight excluding hydrogens is 249 g/mol. The van der Waals surface area contributed by atoms with E-state index in [9.17, 15) is 4.39 Å². The van der Waals surface area contributed by atoms with Crippen molar-refractivity contribution in [3.05, 3.63) is 71.0 Å². The summed E-state index contributed by atoms with van der Waals surface area (Å²) in [6.07, 6.45) is 3.84. The molecule has 0 fully saturated rings. The number of benzene rings is 2. The van der Waals surface area contributed by atoms with E-state index in [1.807, 2.05) is 12.1 Å². The minimum absolute atomic E-state index is 0.0280. The molecule has 104 valence electrons. The van der Waals surface area contributed by atoms with E-state index in [0.717, 1.165) is 24.8 Å². The lowest BCUT2D eigenvalue weighted by molar-refractivity contribution is 0.369. The molecule has 0 bridgehead atoms. The van der Waals surface area contributed by atoms with E-state index in [1.165, 1.54) is 17.2 Å². The lowest BCUT2D eigenvalue weighted by Gasteiger charge is -2.29. The van der Waals surface area contributed by atoms with Crippen LogP contribution in [0.3, 0.4) is 0 Å². The van der Waals surface area contributed by atoms with Gasteiger partial charge in [0.1, 0.15) is 5.82 Å². The molecule has 0 amide bonds. The van der Waals surface area contributed by atoms with Crippen molar-refractivity contribution < 1.29 is 4.39 Å². The fourth-order valence-electron chi connectivity index (χ4n) is 3.18. The number of halogens is 1. The molecule has 2 unspecified atom stereocenters. The molecule has 2 atom stereocenters. The predicted octanol–water partition coefficient (Wildman–Crippen LogP) is 3.50. The van der Waals surface area contributed by atoms with Gasteiger partial charge in [0, 0.05) is 6.04 Å². The smallest absolute Gasteiger partial charge is 0.126 e. The summed E-state index contributed by atoms with van der Waals surface area (Å²) < 4.78 is 13.7. The minimum Gasteiger partial charge on any atom is -0.327 e. The number of rotatable bonds is 3. The van der Waals surface area contributed by atoms with E-state index in [4.69, 9.17) is 5.73 Å². The summed E-state index contributed by atoms with van der Waals surface area (Å²) in [5.74, 6) is 0.309. The van der Waals surface area contributed by atoms with Gasteiger partial charge in [0.2, 0.25) is 0 Å². The number of fused-ring (bicyclic) bond motifs is 1. The zero-order valence-corrected chi connectivity index (χ0v) is 11.6. The van der Waals surface area contributed by atoms with E-state index >= 15 is 0 Å². The molecule has 0 spiro atoms. The van der Waals surface area contributed by atoms with Crippen molar-refractivity contribution in [1.29, 1.82) is 0 Å². The maximum absolute atomic E-state index is 13.7. The SMILES string of the molecule is NC(Cc1ccccc1F)C1CCc2ccccc2C1. The number of aryl methyl sites for hydroxylation is 1. The molecule has 2 heteroatoms. The van der Waals surface area contributed by atoms with Crippen molar-refractivity contribution in [2.75, 3.05) is 0 Å². The van der Waals surface area contributed by atoms with Crippen molar-refractivity contribution in [2.45, 2.75) is 31.7 Å². The second-order valence-corrected chi connectivity index (χ2v) is 5.73. The number of hydrogen-bond donors (Lipinski definition) is 1. The van der Waals surface area contributed by atoms with Crippen molar-refractivity contribution in [1.82, 2.24) is 0 Å². The second kappa shape index (κ2) is 5.76. The molecule has 0 aromatic heterocycles. The fraction of sp³-hybridized carbons (Fsp3) is 0.333. The Bertz CT molecular complexity index is 593. The highest BCUT2D eigenvalue weighted by molar-refractivity contribution is 5.30. The van der Waals surface area contributed by atoms with Gasteiger partial charge in [-0.15, -0.1) is 0 Å². The summed E-state index contributed by atoms with van der Waals surface area (Å²) in [6.45, 7) is 0. The second-order valence-electron chi connectivity index (χ2n) is 5.73. The van der Waals surface area contributed by atoms with Crippen molar-refractivity contribution in [3.63, 3.8) is 0 Å². The molecule has 2 N–H and O–H groups in total. The molecule has 0 saturated heterocycles. The van der Waals surface area contributed by atoms with Crippen LogP contribution in [0, 0.1) is 11.7 Å². The first-order chi connectivity index (χ1) is 9.74.